The molecule has 0 bridgehead atoms. The van der Waals surface area contributed by atoms with Crippen molar-refractivity contribution in [3.05, 3.63) is 62.9 Å². The van der Waals surface area contributed by atoms with E-state index in [0.29, 0.717) is 21.5 Å². The molecule has 0 saturated carbocycles. The van der Waals surface area contributed by atoms with E-state index in [4.69, 9.17) is 27.9 Å². The summed E-state index contributed by atoms with van der Waals surface area (Å²) in [5, 5.41) is 1.08. The van der Waals surface area contributed by atoms with Gasteiger partial charge in [0.1, 0.15) is 0 Å². The Labute approximate surface area is 153 Å². The second-order valence-corrected chi connectivity index (χ2v) is 6.44. The molecule has 1 amide bonds. The van der Waals surface area contributed by atoms with Crippen LogP contribution in [0.1, 0.15) is 0 Å². The first-order valence-corrected chi connectivity index (χ1v) is 8.13. The van der Waals surface area contributed by atoms with E-state index >= 15 is 0 Å². The van der Waals surface area contributed by atoms with Crippen LogP contribution in [0.3, 0.4) is 0 Å². The second kappa shape index (κ2) is 6.78. The average molecular weight is 377 g/mol. The predicted octanol–water partition coefficient (Wildman–Crippen LogP) is 4.56. The molecule has 0 radical (unpaired) electrons. The van der Waals surface area contributed by atoms with Gasteiger partial charge in [0.2, 0.25) is 0 Å². The minimum atomic E-state index is -0.611. The Bertz CT molecular complexity index is 1010. The third-order valence-corrected chi connectivity index (χ3v) is 4.13. The first kappa shape index (κ1) is 17.3. The Kier molecular flexibility index (Phi) is 4.70. The zero-order chi connectivity index (χ0) is 18.1. The molecule has 3 rings (SSSR count). The minimum absolute atomic E-state index is 0.119. The Morgan fingerprint density at radius 3 is 2.44 bits per heavy atom. The highest BCUT2D eigenvalue weighted by molar-refractivity contribution is 6.38. The summed E-state index contributed by atoms with van der Waals surface area (Å²) in [6, 6.07) is 12.1. The summed E-state index contributed by atoms with van der Waals surface area (Å²) in [7, 11) is 3.11. The lowest BCUT2D eigenvalue weighted by atomic mass is 10.0. The van der Waals surface area contributed by atoms with Crippen LogP contribution >= 0.6 is 23.2 Å². The van der Waals surface area contributed by atoms with Crippen molar-refractivity contribution in [2.45, 2.75) is 0 Å². The zero-order valence-electron chi connectivity index (χ0n) is 13.5. The Hall–Kier alpha value is -2.50. The second-order valence-electron chi connectivity index (χ2n) is 5.60. The number of hydrogen-bond acceptors (Lipinski definition) is 3. The Balaban J connectivity index is 2.40. The monoisotopic (exact) mass is 376 g/mol. The van der Waals surface area contributed by atoms with Crippen LogP contribution in [-0.4, -0.2) is 30.1 Å². The molecule has 0 aliphatic carbocycles. The third kappa shape index (κ3) is 3.34. The number of halogens is 2. The number of hydrogen-bond donors (Lipinski definition) is 1. The molecule has 0 unspecified atom stereocenters. The number of fused-ring (bicyclic) bond motifs is 1. The van der Waals surface area contributed by atoms with Crippen molar-refractivity contribution < 1.29 is 9.53 Å². The summed E-state index contributed by atoms with van der Waals surface area (Å²) < 4.78 is 5.52. The molecule has 2 aromatic carbocycles. The van der Waals surface area contributed by atoms with Crippen molar-refractivity contribution in [1.82, 2.24) is 9.88 Å². The molecule has 25 heavy (non-hydrogen) atoms. The smallest absolute Gasteiger partial charge is 0.409 e. The molecule has 128 valence electrons. The van der Waals surface area contributed by atoms with Gasteiger partial charge in [-0.05, 0) is 17.7 Å². The van der Waals surface area contributed by atoms with Gasteiger partial charge in [0.05, 0.1) is 16.1 Å². The SMILES string of the molecule is CN(C)C(=O)Oc1c(-c2ccccc2)c(=O)[nH]c2c(Cl)cc(Cl)cc12. The van der Waals surface area contributed by atoms with Crippen LogP contribution in [0.2, 0.25) is 10.0 Å². The maximum absolute atomic E-state index is 12.7. The van der Waals surface area contributed by atoms with E-state index in [1.807, 2.05) is 6.07 Å². The third-order valence-electron chi connectivity index (χ3n) is 3.61. The van der Waals surface area contributed by atoms with E-state index < -0.39 is 11.7 Å². The lowest BCUT2D eigenvalue weighted by Gasteiger charge is -2.16. The highest BCUT2D eigenvalue weighted by Crippen LogP contribution is 2.37. The summed E-state index contributed by atoms with van der Waals surface area (Å²) in [6.07, 6.45) is -0.611. The molecule has 0 saturated heterocycles. The molecule has 3 aromatic rings. The maximum Gasteiger partial charge on any atom is 0.414 e. The quantitative estimate of drug-likeness (QED) is 0.712. The highest BCUT2D eigenvalue weighted by Gasteiger charge is 2.21. The summed E-state index contributed by atoms with van der Waals surface area (Å²) in [4.78, 5) is 28.9. The number of pyridine rings is 1. The first-order valence-electron chi connectivity index (χ1n) is 7.38. The fourth-order valence-electron chi connectivity index (χ4n) is 2.45. The molecule has 5 nitrogen and oxygen atoms in total. The number of rotatable bonds is 2. The summed E-state index contributed by atoms with van der Waals surface area (Å²) in [6.45, 7) is 0. The molecule has 0 spiro atoms. The minimum Gasteiger partial charge on any atom is -0.409 e. The van der Waals surface area contributed by atoms with Crippen LogP contribution in [0.4, 0.5) is 4.79 Å². The number of aromatic nitrogens is 1. The number of ether oxygens (including phenoxy) is 1. The summed E-state index contributed by atoms with van der Waals surface area (Å²) in [5.74, 6) is 0.119. The topological polar surface area (TPSA) is 62.4 Å². The maximum atomic E-state index is 12.7. The number of amides is 1. The van der Waals surface area contributed by atoms with Gasteiger partial charge in [-0.3, -0.25) is 4.79 Å². The van der Waals surface area contributed by atoms with Crippen LogP contribution < -0.4 is 10.3 Å². The van der Waals surface area contributed by atoms with Crippen LogP contribution in [0.15, 0.2) is 47.3 Å². The molecule has 0 aliphatic heterocycles. The van der Waals surface area contributed by atoms with Gasteiger partial charge in [-0.25, -0.2) is 4.79 Å². The van der Waals surface area contributed by atoms with E-state index in [2.05, 4.69) is 4.98 Å². The van der Waals surface area contributed by atoms with Crippen molar-refractivity contribution in [2.75, 3.05) is 14.1 Å². The number of aromatic amines is 1. The Morgan fingerprint density at radius 1 is 1.12 bits per heavy atom. The van der Waals surface area contributed by atoms with Gasteiger partial charge >= 0.3 is 6.09 Å². The largest absolute Gasteiger partial charge is 0.414 e. The molecule has 7 heteroatoms. The van der Waals surface area contributed by atoms with Gasteiger partial charge in [-0.15, -0.1) is 0 Å². The average Bonchev–Trinajstić information content (AvgIpc) is 2.56. The summed E-state index contributed by atoms with van der Waals surface area (Å²) in [5.41, 5.74) is 0.798. The lowest BCUT2D eigenvalue weighted by molar-refractivity contribution is 0.172. The van der Waals surface area contributed by atoms with Crippen molar-refractivity contribution in [3.8, 4) is 16.9 Å². The van der Waals surface area contributed by atoms with Crippen molar-refractivity contribution >= 4 is 40.2 Å². The van der Waals surface area contributed by atoms with Gasteiger partial charge < -0.3 is 14.6 Å². The van der Waals surface area contributed by atoms with Gasteiger partial charge in [-0.1, -0.05) is 53.5 Å². The van der Waals surface area contributed by atoms with Crippen molar-refractivity contribution in [2.24, 2.45) is 0 Å². The standard InChI is InChI=1S/C18H14Cl2N2O3/c1-22(2)18(24)25-16-12-8-11(19)9-13(20)15(12)21-17(23)14(16)10-6-4-3-5-7-10/h3-9H,1-2H3,(H,21,23). The van der Waals surface area contributed by atoms with Crippen LogP contribution in [0.5, 0.6) is 5.75 Å². The fraction of sp³-hybridized carbons (Fsp3) is 0.111. The molecular weight excluding hydrogens is 363 g/mol. The Morgan fingerprint density at radius 2 is 1.80 bits per heavy atom. The van der Waals surface area contributed by atoms with E-state index in [0.717, 1.165) is 0 Å². The predicted molar refractivity (Wildman–Crippen MR) is 99.7 cm³/mol. The molecule has 0 atom stereocenters. The van der Waals surface area contributed by atoms with Crippen LogP contribution in [0.25, 0.3) is 22.0 Å². The molecule has 1 heterocycles. The molecular formula is C18H14Cl2N2O3. The summed E-state index contributed by atoms with van der Waals surface area (Å²) >= 11 is 12.3. The number of carbonyl (C=O) groups is 1. The lowest BCUT2D eigenvalue weighted by Crippen LogP contribution is -2.26. The van der Waals surface area contributed by atoms with E-state index in [9.17, 15) is 9.59 Å². The molecule has 0 fully saturated rings. The van der Waals surface area contributed by atoms with Crippen molar-refractivity contribution in [1.29, 1.82) is 0 Å². The first-order chi connectivity index (χ1) is 11.9. The van der Waals surface area contributed by atoms with Crippen LogP contribution in [0, 0.1) is 0 Å². The van der Waals surface area contributed by atoms with E-state index in [1.165, 1.54) is 11.0 Å². The number of carbonyl (C=O) groups excluding carboxylic acids is 1. The van der Waals surface area contributed by atoms with Gasteiger partial charge in [0.25, 0.3) is 5.56 Å². The van der Waals surface area contributed by atoms with Gasteiger partial charge in [0, 0.05) is 24.5 Å². The molecule has 0 aliphatic rings. The number of nitrogens with one attached hydrogen (secondary N) is 1. The van der Waals surface area contributed by atoms with E-state index in [1.54, 1.807) is 44.4 Å². The molecule has 1 aromatic heterocycles. The van der Waals surface area contributed by atoms with Gasteiger partial charge in [-0.2, -0.15) is 0 Å². The molecule has 1 N–H and O–H groups in total. The van der Waals surface area contributed by atoms with E-state index in [-0.39, 0.29) is 16.3 Å². The number of nitrogens with zero attached hydrogens (tertiary/aromatic N) is 1. The van der Waals surface area contributed by atoms with Crippen molar-refractivity contribution in [3.63, 3.8) is 0 Å². The zero-order valence-corrected chi connectivity index (χ0v) is 15.0. The number of H-pyrrole nitrogens is 1. The fourth-order valence-corrected chi connectivity index (χ4v) is 2.99. The highest BCUT2D eigenvalue weighted by atomic mass is 35.5. The van der Waals surface area contributed by atoms with Gasteiger partial charge in [0.15, 0.2) is 5.75 Å². The van der Waals surface area contributed by atoms with Crippen LogP contribution in [-0.2, 0) is 0 Å². The normalized spacial score (nSPS) is 10.7. The number of benzene rings is 2.